The number of benzene rings is 2. The summed E-state index contributed by atoms with van der Waals surface area (Å²) in [6.07, 6.45) is -0.325. The Bertz CT molecular complexity index is 656. The van der Waals surface area contributed by atoms with Crippen molar-refractivity contribution >= 4 is 17.7 Å². The predicted octanol–water partition coefficient (Wildman–Crippen LogP) is 1.70. The number of carbonyl (C=O) groups is 2. The van der Waals surface area contributed by atoms with Gasteiger partial charge in [0.25, 0.3) is 0 Å². The highest BCUT2D eigenvalue weighted by atomic mass is 16.5. The van der Waals surface area contributed by atoms with E-state index in [1.807, 2.05) is 6.07 Å². The second-order valence-electron chi connectivity index (χ2n) is 4.87. The van der Waals surface area contributed by atoms with Crippen LogP contribution >= 0.6 is 0 Å². The van der Waals surface area contributed by atoms with Crippen molar-refractivity contribution in [1.29, 1.82) is 0 Å². The number of urea groups is 1. The summed E-state index contributed by atoms with van der Waals surface area (Å²) in [5.74, 6) is -0.597. The average molecular weight is 313 g/mol. The largest absolute Gasteiger partial charge is 0.550 e. The maximum Gasteiger partial charge on any atom is 0.319 e. The summed E-state index contributed by atoms with van der Waals surface area (Å²) in [7, 11) is 1.54. The lowest BCUT2D eigenvalue weighted by atomic mass is 10.0. The number of anilines is 1. The molecule has 0 saturated heterocycles. The van der Waals surface area contributed by atoms with Crippen LogP contribution in [-0.4, -0.2) is 19.1 Å². The molecule has 0 radical (unpaired) electrons. The minimum atomic E-state index is -1.24. The SMILES string of the molecule is COc1ccc([C@@H](CC(=O)[O-])NC(=O)Nc2ccccc2)cc1. The molecule has 0 saturated carbocycles. The zero-order chi connectivity index (χ0) is 16.7. The van der Waals surface area contributed by atoms with Crippen molar-refractivity contribution in [3.05, 3.63) is 60.2 Å². The molecule has 2 rings (SSSR count). The summed E-state index contributed by atoms with van der Waals surface area (Å²) in [6, 6.07) is 14.5. The Morgan fingerprint density at radius 1 is 1.09 bits per heavy atom. The van der Waals surface area contributed by atoms with Crippen molar-refractivity contribution in [3.63, 3.8) is 0 Å². The molecule has 120 valence electrons. The van der Waals surface area contributed by atoms with E-state index in [2.05, 4.69) is 10.6 Å². The Balaban J connectivity index is 2.08. The highest BCUT2D eigenvalue weighted by Crippen LogP contribution is 2.20. The molecule has 2 amide bonds. The minimum Gasteiger partial charge on any atom is -0.550 e. The quantitative estimate of drug-likeness (QED) is 0.849. The number of carbonyl (C=O) groups excluding carboxylic acids is 2. The van der Waals surface area contributed by atoms with Crippen LogP contribution in [0.4, 0.5) is 10.5 Å². The van der Waals surface area contributed by atoms with Gasteiger partial charge in [-0.3, -0.25) is 0 Å². The summed E-state index contributed by atoms with van der Waals surface area (Å²) in [5, 5.41) is 16.2. The minimum absolute atomic E-state index is 0.325. The number of nitrogens with one attached hydrogen (secondary N) is 2. The van der Waals surface area contributed by atoms with Crippen LogP contribution in [0.3, 0.4) is 0 Å². The van der Waals surface area contributed by atoms with Crippen molar-refractivity contribution in [2.75, 3.05) is 12.4 Å². The number of carboxylic acid groups (broad SMARTS) is 1. The van der Waals surface area contributed by atoms with Crippen LogP contribution in [0.25, 0.3) is 0 Å². The molecular formula is C17H17N2O4-. The van der Waals surface area contributed by atoms with Crippen LogP contribution in [-0.2, 0) is 4.79 Å². The Kier molecular flexibility index (Phi) is 5.57. The maximum absolute atomic E-state index is 12.0. The van der Waals surface area contributed by atoms with Gasteiger partial charge in [-0.15, -0.1) is 0 Å². The van der Waals surface area contributed by atoms with Crippen molar-refractivity contribution in [2.24, 2.45) is 0 Å². The standard InChI is InChI=1S/C17H18N2O4/c1-23-14-9-7-12(8-10-14)15(11-16(20)21)19-17(22)18-13-5-3-2-4-6-13/h2-10,15H,11H2,1H3,(H,20,21)(H2,18,19,22)/p-1/t15-/m1/s1. The van der Waals surface area contributed by atoms with Crippen molar-refractivity contribution in [1.82, 2.24) is 5.32 Å². The van der Waals surface area contributed by atoms with Gasteiger partial charge in [0.2, 0.25) is 0 Å². The molecular weight excluding hydrogens is 296 g/mol. The molecule has 23 heavy (non-hydrogen) atoms. The molecule has 1 atom stereocenters. The second kappa shape index (κ2) is 7.84. The maximum atomic E-state index is 12.0. The van der Waals surface area contributed by atoms with Gasteiger partial charge in [0.05, 0.1) is 13.2 Å². The lowest BCUT2D eigenvalue weighted by molar-refractivity contribution is -0.306. The van der Waals surface area contributed by atoms with Gasteiger partial charge in [0.15, 0.2) is 0 Å². The average Bonchev–Trinajstić information content (AvgIpc) is 2.55. The molecule has 0 bridgehead atoms. The van der Waals surface area contributed by atoms with Gasteiger partial charge in [0, 0.05) is 18.1 Å². The number of ether oxygens (including phenoxy) is 1. The van der Waals surface area contributed by atoms with E-state index >= 15 is 0 Å². The van der Waals surface area contributed by atoms with Gasteiger partial charge in [0.1, 0.15) is 5.75 Å². The lowest BCUT2D eigenvalue weighted by Gasteiger charge is -2.20. The van der Waals surface area contributed by atoms with E-state index in [4.69, 9.17) is 4.74 Å². The number of aliphatic carboxylic acids is 1. The fraction of sp³-hybridized carbons (Fsp3) is 0.176. The van der Waals surface area contributed by atoms with Gasteiger partial charge in [-0.25, -0.2) is 4.79 Å². The summed E-state index contributed by atoms with van der Waals surface area (Å²) < 4.78 is 5.06. The van der Waals surface area contributed by atoms with Gasteiger partial charge in [-0.05, 0) is 29.8 Å². The first-order valence-corrected chi connectivity index (χ1v) is 7.05. The van der Waals surface area contributed by atoms with Crippen LogP contribution in [0, 0.1) is 0 Å². The van der Waals surface area contributed by atoms with E-state index in [9.17, 15) is 14.7 Å². The third-order valence-corrected chi connectivity index (χ3v) is 3.23. The van der Waals surface area contributed by atoms with Gasteiger partial charge in [-0.1, -0.05) is 30.3 Å². The Morgan fingerprint density at radius 3 is 2.30 bits per heavy atom. The van der Waals surface area contributed by atoms with Gasteiger partial charge >= 0.3 is 6.03 Å². The Hall–Kier alpha value is -3.02. The lowest BCUT2D eigenvalue weighted by Crippen LogP contribution is -2.36. The van der Waals surface area contributed by atoms with E-state index in [0.717, 1.165) is 0 Å². The molecule has 2 aromatic rings. The number of rotatable bonds is 6. The summed E-state index contributed by atoms with van der Waals surface area (Å²) in [4.78, 5) is 23.0. The number of methoxy groups -OCH3 is 1. The van der Waals surface area contributed by atoms with E-state index in [1.165, 1.54) is 0 Å². The molecule has 0 unspecified atom stereocenters. The van der Waals surface area contributed by atoms with Gasteiger partial charge in [-0.2, -0.15) is 0 Å². The molecule has 0 spiro atoms. The summed E-state index contributed by atoms with van der Waals surface area (Å²) in [5.41, 5.74) is 1.27. The molecule has 0 aliphatic carbocycles. The number of amides is 2. The molecule has 0 aliphatic rings. The third-order valence-electron chi connectivity index (χ3n) is 3.23. The Morgan fingerprint density at radius 2 is 1.74 bits per heavy atom. The summed E-state index contributed by atoms with van der Waals surface area (Å²) in [6.45, 7) is 0. The molecule has 0 heterocycles. The van der Waals surface area contributed by atoms with Crippen molar-refractivity contribution in [2.45, 2.75) is 12.5 Å². The van der Waals surface area contributed by atoms with Gasteiger partial charge < -0.3 is 25.3 Å². The molecule has 0 fully saturated rings. The molecule has 6 heteroatoms. The number of hydrogen-bond donors (Lipinski definition) is 2. The predicted molar refractivity (Wildman–Crippen MR) is 84.0 cm³/mol. The zero-order valence-electron chi connectivity index (χ0n) is 12.6. The molecule has 0 aromatic heterocycles. The first-order valence-electron chi connectivity index (χ1n) is 7.05. The van der Waals surface area contributed by atoms with E-state index in [1.54, 1.807) is 55.6 Å². The topological polar surface area (TPSA) is 90.5 Å². The number of para-hydroxylation sites is 1. The number of carboxylic acids is 1. The molecule has 6 nitrogen and oxygen atoms in total. The zero-order valence-corrected chi connectivity index (χ0v) is 12.6. The van der Waals surface area contributed by atoms with Crippen LogP contribution in [0.2, 0.25) is 0 Å². The van der Waals surface area contributed by atoms with Crippen molar-refractivity contribution in [3.8, 4) is 5.75 Å². The molecule has 2 aromatic carbocycles. The fourth-order valence-electron chi connectivity index (χ4n) is 2.10. The Labute approximate surface area is 134 Å². The van der Waals surface area contributed by atoms with Crippen LogP contribution in [0.15, 0.2) is 54.6 Å². The highest BCUT2D eigenvalue weighted by Gasteiger charge is 2.15. The fourth-order valence-corrected chi connectivity index (χ4v) is 2.10. The summed E-state index contributed by atoms with van der Waals surface area (Å²) >= 11 is 0. The van der Waals surface area contributed by atoms with Crippen molar-refractivity contribution < 1.29 is 19.4 Å². The van der Waals surface area contributed by atoms with E-state index in [0.29, 0.717) is 17.0 Å². The van der Waals surface area contributed by atoms with E-state index in [-0.39, 0.29) is 6.42 Å². The second-order valence-corrected chi connectivity index (χ2v) is 4.87. The first-order chi connectivity index (χ1) is 11.1. The molecule has 0 aliphatic heterocycles. The number of hydrogen-bond acceptors (Lipinski definition) is 4. The first kappa shape index (κ1) is 16.4. The van der Waals surface area contributed by atoms with Crippen LogP contribution in [0.1, 0.15) is 18.0 Å². The smallest absolute Gasteiger partial charge is 0.319 e. The molecule has 2 N–H and O–H groups in total. The van der Waals surface area contributed by atoms with Crippen LogP contribution in [0.5, 0.6) is 5.75 Å². The van der Waals surface area contributed by atoms with E-state index < -0.39 is 18.0 Å². The van der Waals surface area contributed by atoms with Crippen LogP contribution < -0.4 is 20.5 Å². The highest BCUT2D eigenvalue weighted by molar-refractivity contribution is 5.89. The normalized spacial score (nSPS) is 11.3. The monoisotopic (exact) mass is 313 g/mol. The third kappa shape index (κ3) is 5.03.